The molecule has 26 heavy (non-hydrogen) atoms. The Morgan fingerprint density at radius 1 is 1.08 bits per heavy atom. The molecule has 0 bridgehead atoms. The monoisotopic (exact) mass is 354 g/mol. The van der Waals surface area contributed by atoms with Crippen LogP contribution in [0.15, 0.2) is 48.8 Å². The molecule has 2 heterocycles. The molecule has 1 amide bonds. The van der Waals surface area contributed by atoms with Gasteiger partial charge in [-0.05, 0) is 48.4 Å². The van der Waals surface area contributed by atoms with Gasteiger partial charge >= 0.3 is 0 Å². The summed E-state index contributed by atoms with van der Waals surface area (Å²) >= 11 is 0. The second-order valence-corrected chi connectivity index (χ2v) is 6.75. The Labute approximate surface area is 155 Å². The Morgan fingerprint density at radius 3 is 2.38 bits per heavy atom. The van der Waals surface area contributed by atoms with E-state index in [1.807, 2.05) is 17.0 Å². The van der Waals surface area contributed by atoms with Crippen LogP contribution in [0.5, 0.6) is 5.75 Å². The van der Waals surface area contributed by atoms with Gasteiger partial charge in [0.2, 0.25) is 5.91 Å². The second-order valence-electron chi connectivity index (χ2n) is 6.75. The first kappa shape index (κ1) is 18.4. The molecule has 0 unspecified atom stereocenters. The van der Waals surface area contributed by atoms with Gasteiger partial charge in [0.1, 0.15) is 19.0 Å². The van der Waals surface area contributed by atoms with Gasteiger partial charge in [0.15, 0.2) is 0 Å². The fourth-order valence-electron chi connectivity index (χ4n) is 3.31. The highest BCUT2D eigenvalue weighted by atomic mass is 16.5. The first-order chi connectivity index (χ1) is 12.7. The van der Waals surface area contributed by atoms with Crippen molar-refractivity contribution >= 4 is 5.91 Å². The standard InChI is InChI=1S/C21H26N2O3/c1-25-16-21(24)23-12-8-18(9-13-23)14-17-2-4-19(5-3-17)15-26-20-6-10-22-11-7-20/h2-7,10-11,18H,8-9,12-16H2,1H3. The van der Waals surface area contributed by atoms with Gasteiger partial charge in [-0.3, -0.25) is 9.78 Å². The SMILES string of the molecule is COCC(=O)N1CCC(Cc2ccc(COc3ccncc3)cc2)CC1. The smallest absolute Gasteiger partial charge is 0.248 e. The third-order valence-electron chi connectivity index (χ3n) is 4.84. The molecule has 0 aliphatic carbocycles. The fourth-order valence-corrected chi connectivity index (χ4v) is 3.31. The number of rotatable bonds is 7. The summed E-state index contributed by atoms with van der Waals surface area (Å²) in [6.45, 7) is 2.42. The molecule has 0 atom stereocenters. The van der Waals surface area contributed by atoms with E-state index in [2.05, 4.69) is 29.2 Å². The van der Waals surface area contributed by atoms with E-state index < -0.39 is 0 Å². The number of methoxy groups -OCH3 is 1. The lowest BCUT2D eigenvalue weighted by Gasteiger charge is -2.32. The lowest BCUT2D eigenvalue weighted by Crippen LogP contribution is -2.40. The van der Waals surface area contributed by atoms with Crippen molar-refractivity contribution < 1.29 is 14.3 Å². The molecule has 1 aromatic heterocycles. The van der Waals surface area contributed by atoms with Crippen LogP contribution in [0.1, 0.15) is 24.0 Å². The molecule has 0 N–H and O–H groups in total. The third kappa shape index (κ3) is 5.30. The summed E-state index contributed by atoms with van der Waals surface area (Å²) in [7, 11) is 1.57. The van der Waals surface area contributed by atoms with E-state index in [0.717, 1.165) is 43.7 Å². The quantitative estimate of drug-likeness (QED) is 0.767. The summed E-state index contributed by atoms with van der Waals surface area (Å²) in [6, 6.07) is 12.4. The van der Waals surface area contributed by atoms with Gasteiger partial charge < -0.3 is 14.4 Å². The molecule has 1 saturated heterocycles. The van der Waals surface area contributed by atoms with Crippen molar-refractivity contribution in [3.8, 4) is 5.75 Å². The Hall–Kier alpha value is -2.40. The Kier molecular flexibility index (Phi) is 6.61. The van der Waals surface area contributed by atoms with Crippen molar-refractivity contribution in [3.63, 3.8) is 0 Å². The fraction of sp³-hybridized carbons (Fsp3) is 0.429. The maximum Gasteiger partial charge on any atom is 0.248 e. The minimum atomic E-state index is 0.101. The lowest BCUT2D eigenvalue weighted by atomic mass is 9.90. The Bertz CT molecular complexity index is 680. The van der Waals surface area contributed by atoms with Crippen LogP contribution in [0.25, 0.3) is 0 Å². The van der Waals surface area contributed by atoms with E-state index in [9.17, 15) is 4.79 Å². The van der Waals surface area contributed by atoms with E-state index >= 15 is 0 Å². The zero-order chi connectivity index (χ0) is 18.2. The van der Waals surface area contributed by atoms with Crippen LogP contribution >= 0.6 is 0 Å². The molecule has 3 rings (SSSR count). The molecule has 1 aliphatic rings. The van der Waals surface area contributed by atoms with Crippen molar-refractivity contribution in [2.45, 2.75) is 25.9 Å². The molecule has 0 saturated carbocycles. The molecular formula is C21H26N2O3. The summed E-state index contributed by atoms with van der Waals surface area (Å²) in [5.41, 5.74) is 2.50. The predicted octanol–water partition coefficient (Wildman–Crippen LogP) is 3.09. The normalized spacial score (nSPS) is 15.0. The number of nitrogens with zero attached hydrogens (tertiary/aromatic N) is 2. The summed E-state index contributed by atoms with van der Waals surface area (Å²) in [5.74, 6) is 1.57. The summed E-state index contributed by atoms with van der Waals surface area (Å²) in [6.07, 6.45) is 6.64. The maximum absolute atomic E-state index is 11.9. The molecule has 1 fully saturated rings. The largest absolute Gasteiger partial charge is 0.489 e. The van der Waals surface area contributed by atoms with E-state index in [0.29, 0.717) is 12.5 Å². The van der Waals surface area contributed by atoms with Gasteiger partial charge in [0, 0.05) is 32.6 Å². The summed E-state index contributed by atoms with van der Waals surface area (Å²) in [4.78, 5) is 17.7. The van der Waals surface area contributed by atoms with Crippen LogP contribution < -0.4 is 4.74 Å². The second kappa shape index (κ2) is 9.34. The average molecular weight is 354 g/mol. The topological polar surface area (TPSA) is 51.7 Å². The first-order valence-electron chi connectivity index (χ1n) is 9.12. The molecule has 5 heteroatoms. The number of likely N-dealkylation sites (tertiary alicyclic amines) is 1. The van der Waals surface area contributed by atoms with Gasteiger partial charge in [-0.15, -0.1) is 0 Å². The molecule has 0 radical (unpaired) electrons. The average Bonchev–Trinajstić information content (AvgIpc) is 2.69. The molecule has 5 nitrogen and oxygen atoms in total. The highest BCUT2D eigenvalue weighted by molar-refractivity contribution is 5.77. The number of carbonyl (C=O) groups excluding carboxylic acids is 1. The van der Waals surface area contributed by atoms with Crippen molar-refractivity contribution in [1.82, 2.24) is 9.88 Å². The molecule has 1 aliphatic heterocycles. The zero-order valence-electron chi connectivity index (χ0n) is 15.3. The number of pyridine rings is 1. The van der Waals surface area contributed by atoms with Gasteiger partial charge in [0.05, 0.1) is 0 Å². The highest BCUT2D eigenvalue weighted by Crippen LogP contribution is 2.22. The van der Waals surface area contributed by atoms with Gasteiger partial charge in [-0.1, -0.05) is 24.3 Å². The summed E-state index contributed by atoms with van der Waals surface area (Å²) < 4.78 is 10.7. The van der Waals surface area contributed by atoms with Crippen molar-refractivity contribution in [1.29, 1.82) is 0 Å². The van der Waals surface area contributed by atoms with E-state index in [4.69, 9.17) is 9.47 Å². The number of ether oxygens (including phenoxy) is 2. The summed E-state index contributed by atoms with van der Waals surface area (Å²) in [5, 5.41) is 0. The third-order valence-corrected chi connectivity index (χ3v) is 4.84. The zero-order valence-corrected chi connectivity index (χ0v) is 15.3. The van der Waals surface area contributed by atoms with E-state index in [1.165, 1.54) is 5.56 Å². The van der Waals surface area contributed by atoms with Gasteiger partial charge in [0.25, 0.3) is 0 Å². The van der Waals surface area contributed by atoms with Crippen LogP contribution in [0.4, 0.5) is 0 Å². The van der Waals surface area contributed by atoms with Crippen molar-refractivity contribution in [2.24, 2.45) is 5.92 Å². The number of aromatic nitrogens is 1. The minimum absolute atomic E-state index is 0.101. The molecule has 138 valence electrons. The minimum Gasteiger partial charge on any atom is -0.489 e. The first-order valence-corrected chi connectivity index (χ1v) is 9.12. The number of piperidine rings is 1. The number of hydrogen-bond donors (Lipinski definition) is 0. The van der Waals surface area contributed by atoms with Crippen LogP contribution in [0.3, 0.4) is 0 Å². The number of carbonyl (C=O) groups is 1. The van der Waals surface area contributed by atoms with Crippen molar-refractivity contribution in [2.75, 3.05) is 26.8 Å². The van der Waals surface area contributed by atoms with Crippen LogP contribution in [-0.4, -0.2) is 42.6 Å². The molecule has 2 aromatic rings. The van der Waals surface area contributed by atoms with Gasteiger partial charge in [-0.2, -0.15) is 0 Å². The number of benzene rings is 1. The Morgan fingerprint density at radius 2 is 1.73 bits per heavy atom. The predicted molar refractivity (Wildman–Crippen MR) is 99.9 cm³/mol. The lowest BCUT2D eigenvalue weighted by molar-refractivity contribution is -0.136. The molecular weight excluding hydrogens is 328 g/mol. The maximum atomic E-state index is 11.9. The molecule has 1 aromatic carbocycles. The van der Waals surface area contributed by atoms with Crippen LogP contribution in [0, 0.1) is 5.92 Å². The highest BCUT2D eigenvalue weighted by Gasteiger charge is 2.22. The van der Waals surface area contributed by atoms with Gasteiger partial charge in [-0.25, -0.2) is 0 Å². The molecule has 0 spiro atoms. The van der Waals surface area contributed by atoms with E-state index in [-0.39, 0.29) is 12.5 Å². The number of hydrogen-bond acceptors (Lipinski definition) is 4. The van der Waals surface area contributed by atoms with Crippen LogP contribution in [0.2, 0.25) is 0 Å². The Balaban J connectivity index is 1.44. The van der Waals surface area contributed by atoms with Crippen LogP contribution in [-0.2, 0) is 22.6 Å². The number of amides is 1. The van der Waals surface area contributed by atoms with E-state index in [1.54, 1.807) is 19.5 Å². The van der Waals surface area contributed by atoms with Crippen molar-refractivity contribution in [3.05, 3.63) is 59.9 Å².